The van der Waals surface area contributed by atoms with Gasteiger partial charge >= 0.3 is 29.2 Å². The van der Waals surface area contributed by atoms with Gasteiger partial charge in [-0.05, 0) is 24.3 Å². The average Bonchev–Trinajstić information content (AvgIpc) is 2.81. The van der Waals surface area contributed by atoms with Gasteiger partial charge in [0.2, 0.25) is 11.0 Å². The first-order valence-electron chi connectivity index (χ1n) is 10.1. The Morgan fingerprint density at radius 3 is 1.79 bits per heavy atom. The lowest BCUT2D eigenvalue weighted by atomic mass is 9.92. The Kier molecular flexibility index (Phi) is 7.22. The highest BCUT2D eigenvalue weighted by Gasteiger charge is 2.76. The van der Waals surface area contributed by atoms with Crippen molar-refractivity contribution in [3.63, 3.8) is 0 Å². The van der Waals surface area contributed by atoms with Gasteiger partial charge in [-0.3, -0.25) is 0 Å². The van der Waals surface area contributed by atoms with Crippen molar-refractivity contribution in [2.45, 2.75) is 29.4 Å². The molecule has 16 heteroatoms. The molecule has 0 N–H and O–H groups in total. The number of aromatic nitrogens is 1. The molecule has 1 aromatic heterocycles. The smallest absolute Gasteiger partial charge is 0.485 e. The third-order valence-electron chi connectivity index (χ3n) is 5.47. The third-order valence-corrected chi connectivity index (χ3v) is 6.04. The molecule has 1 aliphatic rings. The van der Waals surface area contributed by atoms with Crippen molar-refractivity contribution in [3.8, 4) is 0 Å². The average molecular weight is 575 g/mol. The number of pyridine rings is 1. The van der Waals surface area contributed by atoms with Crippen molar-refractivity contribution in [1.82, 2.24) is 0 Å². The summed E-state index contributed by atoms with van der Waals surface area (Å²) in [5.41, 5.74) is -4.92. The molecule has 0 saturated carbocycles. The van der Waals surface area contributed by atoms with E-state index in [9.17, 15) is 44.3 Å². The van der Waals surface area contributed by atoms with Crippen molar-refractivity contribution in [2.75, 3.05) is 0 Å². The van der Waals surface area contributed by atoms with E-state index in [1.807, 2.05) is 0 Å². The zero-order chi connectivity index (χ0) is 28.9. The number of para-hydroxylation sites is 2. The topological polar surface area (TPSA) is 87.4 Å². The van der Waals surface area contributed by atoms with Crippen LogP contribution in [0.2, 0.25) is 0 Å². The minimum atomic E-state index is -6.09. The Balaban J connectivity index is 0.000000436. The summed E-state index contributed by atoms with van der Waals surface area (Å²) in [6.07, 6.45) is -3.68. The van der Waals surface area contributed by atoms with Crippen LogP contribution in [0.15, 0.2) is 60.7 Å². The molecule has 0 spiro atoms. The number of esters is 1. The molecule has 2 atom stereocenters. The van der Waals surface area contributed by atoms with Crippen molar-refractivity contribution in [3.05, 3.63) is 66.2 Å². The molecule has 0 aliphatic heterocycles. The van der Waals surface area contributed by atoms with E-state index in [-0.39, 0.29) is 28.5 Å². The lowest BCUT2D eigenvalue weighted by molar-refractivity contribution is -0.617. The van der Waals surface area contributed by atoms with E-state index in [4.69, 9.17) is 13.0 Å². The fraction of sp³-hybridized carbons (Fsp3) is 0.273. The Morgan fingerprint density at radius 2 is 1.37 bits per heavy atom. The number of alkyl halides is 9. The summed E-state index contributed by atoms with van der Waals surface area (Å²) in [6.45, 7) is 0. The monoisotopic (exact) mass is 575 g/mol. The fourth-order valence-corrected chi connectivity index (χ4v) is 3.57. The number of benzene rings is 2. The maximum Gasteiger partial charge on any atom is 0.485 e. The van der Waals surface area contributed by atoms with Crippen LogP contribution in [0.1, 0.15) is 10.4 Å². The summed E-state index contributed by atoms with van der Waals surface area (Å²) < 4.78 is 149. The Labute approximate surface area is 207 Å². The second-order valence-corrected chi connectivity index (χ2v) is 9.23. The summed E-state index contributed by atoms with van der Waals surface area (Å²) in [6, 6.07) is 12.7. The molecule has 206 valence electrons. The van der Waals surface area contributed by atoms with Crippen LogP contribution in [0, 0.1) is 0 Å². The second kappa shape index (κ2) is 9.41. The number of allylic oxidation sites excluding steroid dienone is 1. The van der Waals surface area contributed by atoms with E-state index < -0.39 is 45.5 Å². The number of hydrogen-bond donors (Lipinski definition) is 0. The fourth-order valence-electron chi connectivity index (χ4n) is 3.57. The second-order valence-electron chi connectivity index (χ2n) is 7.86. The summed E-state index contributed by atoms with van der Waals surface area (Å²) >= 11 is 0. The molecule has 0 bridgehead atoms. The standard InChI is InChI=1S/C21H14F6NO2.CHF3O3S/c1-28-14-8-4-2-6-12(14)17(13-7-3-5-9-15(13)28)18(29)30-19(23)11-10-16(22)20(24,25)21(19,26)27;2-1(3,4)8(5,6)7/h2-11,16H,1H3;(H,5,6,7)/q+1;/p-1. The zero-order valence-corrected chi connectivity index (χ0v) is 19.5. The number of rotatable bonds is 2. The quantitative estimate of drug-likeness (QED) is 0.0828. The van der Waals surface area contributed by atoms with E-state index >= 15 is 0 Å². The highest BCUT2D eigenvalue weighted by atomic mass is 32.2. The predicted octanol–water partition coefficient (Wildman–Crippen LogP) is 4.87. The van der Waals surface area contributed by atoms with Crippen LogP contribution in [-0.4, -0.2) is 48.3 Å². The first-order chi connectivity index (χ1) is 17.3. The molecule has 0 amide bonds. The van der Waals surface area contributed by atoms with Gasteiger partial charge in [0, 0.05) is 12.1 Å². The van der Waals surface area contributed by atoms with E-state index in [0.29, 0.717) is 11.0 Å². The number of hydrogen-bond acceptors (Lipinski definition) is 5. The highest BCUT2D eigenvalue weighted by Crippen LogP contribution is 2.52. The number of fused-ring (bicyclic) bond motifs is 2. The van der Waals surface area contributed by atoms with Gasteiger partial charge in [0.05, 0.1) is 16.3 Å². The summed E-state index contributed by atoms with van der Waals surface area (Å²) in [4.78, 5) is 12.9. The van der Waals surface area contributed by atoms with Crippen LogP contribution in [0.5, 0.6) is 0 Å². The number of nitrogens with zero attached hydrogens (tertiary/aromatic N) is 1. The molecule has 1 aliphatic carbocycles. The molecule has 1 heterocycles. The lowest BCUT2D eigenvalue weighted by Crippen LogP contribution is -2.63. The SMILES string of the molecule is C[n+]1c2ccccc2c(C(=O)OC2(F)C=CC(F)C(F)(F)C2(F)F)c2ccccc21.O=S(=O)([O-])C(F)(F)F. The molecule has 3 aromatic rings. The first kappa shape index (κ1) is 29.2. The molecule has 4 rings (SSSR count). The number of halogens is 9. The number of ether oxygens (including phenoxy) is 1. The normalized spacial score (nSPS) is 22.6. The minimum absolute atomic E-state index is 0.0775. The predicted molar refractivity (Wildman–Crippen MR) is 112 cm³/mol. The van der Waals surface area contributed by atoms with Gasteiger partial charge in [-0.2, -0.15) is 39.7 Å². The Morgan fingerprint density at radius 1 is 0.947 bits per heavy atom. The van der Waals surface area contributed by atoms with Crippen molar-refractivity contribution >= 4 is 37.9 Å². The van der Waals surface area contributed by atoms with Crippen LogP contribution >= 0.6 is 0 Å². The van der Waals surface area contributed by atoms with Gasteiger partial charge in [0.1, 0.15) is 7.05 Å². The maximum absolute atomic E-state index is 14.9. The number of carbonyl (C=O) groups is 1. The first-order valence-corrected chi connectivity index (χ1v) is 11.5. The maximum atomic E-state index is 14.9. The van der Waals surface area contributed by atoms with Crippen molar-refractivity contribution in [2.24, 2.45) is 7.05 Å². The number of carbonyl (C=O) groups excluding carboxylic acids is 1. The van der Waals surface area contributed by atoms with Gasteiger partial charge in [-0.25, -0.2) is 17.6 Å². The molecule has 0 radical (unpaired) electrons. The van der Waals surface area contributed by atoms with E-state index in [1.54, 1.807) is 48.0 Å². The van der Waals surface area contributed by atoms with Crippen molar-refractivity contribution < 1.29 is 66.6 Å². The zero-order valence-electron chi connectivity index (χ0n) is 18.6. The highest BCUT2D eigenvalue weighted by molar-refractivity contribution is 7.86. The van der Waals surface area contributed by atoms with Crippen LogP contribution < -0.4 is 4.57 Å². The molecule has 0 saturated heterocycles. The molecule has 2 aromatic carbocycles. The molecule has 0 fully saturated rings. The van der Waals surface area contributed by atoms with Crippen molar-refractivity contribution in [1.29, 1.82) is 0 Å². The summed E-state index contributed by atoms with van der Waals surface area (Å²) in [7, 11) is -4.39. The summed E-state index contributed by atoms with van der Waals surface area (Å²) in [5, 5.41) is 0.482. The Bertz CT molecular complexity index is 1480. The molecule has 2 unspecified atom stereocenters. The van der Waals surface area contributed by atoms with Gasteiger partial charge in [-0.1, -0.05) is 24.3 Å². The molecular formula is C22H14F9NO5S. The number of aryl methyl sites for hydroxylation is 1. The van der Waals surface area contributed by atoms with Gasteiger partial charge in [-0.15, -0.1) is 0 Å². The van der Waals surface area contributed by atoms with Crippen LogP contribution in [0.25, 0.3) is 21.8 Å². The van der Waals surface area contributed by atoms with Gasteiger partial charge in [0.25, 0.3) is 0 Å². The largest absolute Gasteiger partial charge is 0.741 e. The molecule has 38 heavy (non-hydrogen) atoms. The molecule has 6 nitrogen and oxygen atoms in total. The lowest BCUT2D eigenvalue weighted by Gasteiger charge is -2.39. The molecular weight excluding hydrogens is 561 g/mol. The van der Waals surface area contributed by atoms with E-state index in [2.05, 4.69) is 4.74 Å². The van der Waals surface area contributed by atoms with E-state index in [0.717, 1.165) is 0 Å². The van der Waals surface area contributed by atoms with Crippen LogP contribution in [0.3, 0.4) is 0 Å². The van der Waals surface area contributed by atoms with Crippen LogP contribution in [-0.2, 0) is 21.9 Å². The van der Waals surface area contributed by atoms with Crippen LogP contribution in [0.4, 0.5) is 39.5 Å². The van der Waals surface area contributed by atoms with Gasteiger partial charge < -0.3 is 9.29 Å². The summed E-state index contributed by atoms with van der Waals surface area (Å²) in [5.74, 6) is -17.1. The third kappa shape index (κ3) is 4.77. The van der Waals surface area contributed by atoms with E-state index in [1.165, 1.54) is 12.1 Å². The Hall–Kier alpha value is -3.40. The minimum Gasteiger partial charge on any atom is -0.741 e. The van der Waals surface area contributed by atoms with Gasteiger partial charge in [0.15, 0.2) is 16.3 Å².